The van der Waals surface area contributed by atoms with E-state index < -0.39 is 45.4 Å². The summed E-state index contributed by atoms with van der Waals surface area (Å²) in [5.74, 6) is 0. The highest BCUT2D eigenvalue weighted by atomic mass is 32.2. The van der Waals surface area contributed by atoms with Crippen molar-refractivity contribution in [1.82, 2.24) is 0 Å². The van der Waals surface area contributed by atoms with Crippen molar-refractivity contribution in [3.63, 3.8) is 0 Å². The summed E-state index contributed by atoms with van der Waals surface area (Å²) in [4.78, 5) is 0. The van der Waals surface area contributed by atoms with Gasteiger partial charge in [0.25, 0.3) is 0 Å². The van der Waals surface area contributed by atoms with E-state index in [2.05, 4.69) is 4.36 Å². The molecule has 0 atom stereocenters. The maximum atomic E-state index is 12.8. The Morgan fingerprint density at radius 3 is 1.95 bits per heavy atom. The van der Waals surface area contributed by atoms with Gasteiger partial charge in [0, 0.05) is 0 Å². The third kappa shape index (κ3) is 3.72. The standard InChI is InChI=1S/C11H8F6N2S/c1-20(2)19-9-6(5-18)3-7(10(12,13)14)4-8(9)11(15,16)17/h3-4H,1-2H3. The lowest BCUT2D eigenvalue weighted by Crippen LogP contribution is -2.12. The minimum Gasteiger partial charge on any atom is -0.227 e. The molecule has 0 N–H and O–H groups in total. The van der Waals surface area contributed by atoms with Crippen LogP contribution in [0.5, 0.6) is 0 Å². The van der Waals surface area contributed by atoms with Crippen LogP contribution >= 0.6 is 0 Å². The van der Waals surface area contributed by atoms with E-state index >= 15 is 0 Å². The molecule has 0 saturated heterocycles. The third-order valence-corrected chi connectivity index (χ3v) is 2.68. The average molecular weight is 314 g/mol. The molecule has 0 aliphatic heterocycles. The van der Waals surface area contributed by atoms with Gasteiger partial charge in [-0.1, -0.05) is 0 Å². The molecule has 9 heteroatoms. The van der Waals surface area contributed by atoms with E-state index in [-0.39, 0.29) is 6.07 Å². The molecule has 0 bridgehead atoms. The van der Waals surface area contributed by atoms with E-state index in [1.807, 2.05) is 0 Å². The molecule has 1 aromatic rings. The molecule has 0 heterocycles. The topological polar surface area (TPSA) is 36.1 Å². The summed E-state index contributed by atoms with van der Waals surface area (Å²) in [6.07, 6.45) is -7.02. The molecule has 0 aliphatic carbocycles. The molecule has 1 rings (SSSR count). The number of rotatable bonds is 1. The largest absolute Gasteiger partial charge is 0.418 e. The first-order valence-corrected chi connectivity index (χ1v) is 6.98. The summed E-state index contributed by atoms with van der Waals surface area (Å²) >= 11 is 0. The van der Waals surface area contributed by atoms with Crippen LogP contribution in [0.3, 0.4) is 0 Å². The number of nitriles is 1. The van der Waals surface area contributed by atoms with Crippen LogP contribution in [0.4, 0.5) is 32.0 Å². The molecule has 0 fully saturated rings. The van der Waals surface area contributed by atoms with Crippen molar-refractivity contribution in [2.75, 3.05) is 12.5 Å². The molecule has 20 heavy (non-hydrogen) atoms. The number of halogens is 6. The highest BCUT2D eigenvalue weighted by Crippen LogP contribution is 2.42. The summed E-state index contributed by atoms with van der Waals surface area (Å²) < 4.78 is 79.9. The molecular weight excluding hydrogens is 306 g/mol. The van der Waals surface area contributed by atoms with Crippen molar-refractivity contribution in [2.24, 2.45) is 4.36 Å². The van der Waals surface area contributed by atoms with Gasteiger partial charge in [-0.2, -0.15) is 31.6 Å². The van der Waals surface area contributed by atoms with E-state index in [1.54, 1.807) is 0 Å². The van der Waals surface area contributed by atoms with Gasteiger partial charge in [-0.3, -0.25) is 0 Å². The molecule has 0 saturated carbocycles. The van der Waals surface area contributed by atoms with Crippen LogP contribution in [0.2, 0.25) is 0 Å². The fourth-order valence-corrected chi connectivity index (χ4v) is 1.94. The van der Waals surface area contributed by atoms with Gasteiger partial charge in [-0.25, -0.2) is 4.36 Å². The second-order valence-corrected chi connectivity index (χ2v) is 5.62. The number of hydrogen-bond acceptors (Lipinski definition) is 2. The van der Waals surface area contributed by atoms with Crippen LogP contribution in [-0.2, 0) is 23.0 Å². The fraction of sp³-hybridized carbons (Fsp3) is 0.364. The Balaban J connectivity index is 3.76. The van der Waals surface area contributed by atoms with Crippen LogP contribution in [0.15, 0.2) is 16.5 Å². The predicted molar refractivity (Wildman–Crippen MR) is 62.5 cm³/mol. The summed E-state index contributed by atoms with van der Waals surface area (Å²) in [5, 5.41) is 8.77. The normalized spacial score (nSPS) is 12.4. The lowest BCUT2D eigenvalue weighted by atomic mass is 10.0. The van der Waals surface area contributed by atoms with Gasteiger partial charge >= 0.3 is 12.4 Å². The molecule has 0 aliphatic rings. The minimum absolute atomic E-state index is 0.0213. The first-order valence-electron chi connectivity index (χ1n) is 4.98. The quantitative estimate of drug-likeness (QED) is 0.712. The van der Waals surface area contributed by atoms with Gasteiger partial charge in [0.1, 0.15) is 11.8 Å². The number of benzene rings is 1. The highest BCUT2D eigenvalue weighted by Gasteiger charge is 2.39. The van der Waals surface area contributed by atoms with Crippen molar-refractivity contribution >= 4 is 16.4 Å². The van der Waals surface area contributed by atoms with Crippen LogP contribution in [0.1, 0.15) is 16.7 Å². The predicted octanol–water partition coefficient (Wildman–Crippen LogP) is 4.29. The van der Waals surface area contributed by atoms with E-state index in [9.17, 15) is 26.3 Å². The molecule has 0 aromatic heterocycles. The van der Waals surface area contributed by atoms with E-state index in [0.29, 0.717) is 6.07 Å². The lowest BCUT2D eigenvalue weighted by molar-refractivity contribution is -0.142. The van der Waals surface area contributed by atoms with Crippen molar-refractivity contribution in [1.29, 1.82) is 5.26 Å². The fourth-order valence-electron chi connectivity index (χ4n) is 1.38. The van der Waals surface area contributed by atoms with Gasteiger partial charge in [0.15, 0.2) is 0 Å². The summed E-state index contributed by atoms with van der Waals surface area (Å²) in [6, 6.07) is 1.69. The molecule has 110 valence electrons. The van der Waals surface area contributed by atoms with E-state index in [4.69, 9.17) is 5.26 Å². The Morgan fingerprint density at radius 1 is 1.05 bits per heavy atom. The zero-order valence-electron chi connectivity index (χ0n) is 10.2. The molecule has 0 spiro atoms. The molecule has 0 unspecified atom stereocenters. The molecule has 2 nitrogen and oxygen atoms in total. The Morgan fingerprint density at radius 2 is 1.60 bits per heavy atom. The van der Waals surface area contributed by atoms with Crippen LogP contribution in [0.25, 0.3) is 0 Å². The van der Waals surface area contributed by atoms with Gasteiger partial charge < -0.3 is 0 Å². The Labute approximate surface area is 113 Å². The maximum absolute atomic E-state index is 12.8. The van der Waals surface area contributed by atoms with Crippen LogP contribution in [-0.4, -0.2) is 12.5 Å². The zero-order chi connectivity index (χ0) is 15.7. The average Bonchev–Trinajstić information content (AvgIpc) is 2.25. The van der Waals surface area contributed by atoms with Crippen molar-refractivity contribution in [3.8, 4) is 6.07 Å². The maximum Gasteiger partial charge on any atom is 0.418 e. The minimum atomic E-state index is -5.02. The summed E-state index contributed by atoms with van der Waals surface area (Å²) in [6.45, 7) is 0. The van der Waals surface area contributed by atoms with Crippen molar-refractivity contribution < 1.29 is 26.3 Å². The van der Waals surface area contributed by atoms with E-state index in [1.165, 1.54) is 18.6 Å². The van der Waals surface area contributed by atoms with Gasteiger partial charge in [0.2, 0.25) is 0 Å². The third-order valence-electron chi connectivity index (χ3n) is 2.14. The summed E-state index contributed by atoms with van der Waals surface area (Å²) in [7, 11) is -0.859. The first kappa shape index (κ1) is 16.5. The second-order valence-electron chi connectivity index (χ2n) is 3.89. The smallest absolute Gasteiger partial charge is 0.227 e. The Hall–Kier alpha value is -1.56. The van der Waals surface area contributed by atoms with Crippen LogP contribution < -0.4 is 0 Å². The first-order chi connectivity index (χ1) is 8.96. The van der Waals surface area contributed by atoms with Gasteiger partial charge in [-0.05, 0) is 24.6 Å². The van der Waals surface area contributed by atoms with Gasteiger partial charge in [0.05, 0.1) is 16.7 Å². The number of alkyl halides is 6. The Kier molecular flexibility index (Phi) is 4.49. The zero-order valence-corrected chi connectivity index (χ0v) is 11.0. The van der Waals surface area contributed by atoms with Gasteiger partial charge in [-0.15, -0.1) is 10.7 Å². The monoisotopic (exact) mass is 314 g/mol. The second kappa shape index (κ2) is 5.44. The lowest BCUT2D eigenvalue weighted by Gasteiger charge is -2.15. The molecule has 0 amide bonds. The molecule has 1 aromatic carbocycles. The number of nitrogens with zero attached hydrogens (tertiary/aromatic N) is 2. The van der Waals surface area contributed by atoms with Crippen molar-refractivity contribution in [2.45, 2.75) is 12.4 Å². The Bertz CT molecular complexity index is 591. The summed E-state index contributed by atoms with van der Waals surface area (Å²) in [5.41, 5.74) is -4.56. The highest BCUT2D eigenvalue weighted by molar-refractivity contribution is 7.85. The van der Waals surface area contributed by atoms with E-state index in [0.717, 1.165) is 0 Å². The molecule has 0 radical (unpaired) electrons. The van der Waals surface area contributed by atoms with Crippen molar-refractivity contribution in [3.05, 3.63) is 28.8 Å². The van der Waals surface area contributed by atoms with Crippen LogP contribution in [0, 0.1) is 11.3 Å². The molecular formula is C11H8F6N2S. The SMILES string of the molecule is CS(C)=Nc1c(C#N)cc(C(F)(F)F)cc1C(F)(F)F. The number of hydrogen-bond donors (Lipinski definition) is 0.